The molecule has 0 fully saturated rings. The number of amides is 1. The van der Waals surface area contributed by atoms with Crippen molar-refractivity contribution in [1.82, 2.24) is 10.2 Å². The maximum Gasteiger partial charge on any atom is 0.257 e. The summed E-state index contributed by atoms with van der Waals surface area (Å²) in [4.78, 5) is 14.6. The standard InChI is InChI=1S/C21H30N2O2/c1-6-10-19(25-21(3,4)5)23-14-13-18(16(2)20(23)24)22-15-17-11-8-7-9-12-17/h7-12,22H,6,13-15H2,1-5H3/b19-10+. The molecular formula is C21H30N2O2. The van der Waals surface area contributed by atoms with Crippen LogP contribution in [0.2, 0.25) is 0 Å². The van der Waals surface area contributed by atoms with Crippen molar-refractivity contribution in [1.29, 1.82) is 0 Å². The van der Waals surface area contributed by atoms with Crippen molar-refractivity contribution in [2.45, 2.75) is 59.6 Å². The lowest BCUT2D eigenvalue weighted by Crippen LogP contribution is -2.40. The first kappa shape index (κ1) is 19.1. The van der Waals surface area contributed by atoms with Crippen LogP contribution in [0.15, 0.2) is 53.6 Å². The van der Waals surface area contributed by atoms with Crippen LogP contribution >= 0.6 is 0 Å². The van der Waals surface area contributed by atoms with Crippen molar-refractivity contribution in [3.05, 3.63) is 59.1 Å². The number of hydrogen-bond donors (Lipinski definition) is 1. The molecule has 1 aromatic rings. The average molecular weight is 342 g/mol. The fourth-order valence-corrected chi connectivity index (χ4v) is 2.78. The maximum absolute atomic E-state index is 12.9. The highest BCUT2D eigenvalue weighted by Gasteiger charge is 2.29. The zero-order valence-electron chi connectivity index (χ0n) is 16.1. The molecular weight excluding hydrogens is 312 g/mol. The third kappa shape index (κ3) is 5.38. The van der Waals surface area contributed by atoms with E-state index in [4.69, 9.17) is 4.74 Å². The highest BCUT2D eigenvalue weighted by molar-refractivity contribution is 5.95. The van der Waals surface area contributed by atoms with Gasteiger partial charge in [-0.05, 0) is 45.8 Å². The van der Waals surface area contributed by atoms with Gasteiger partial charge in [-0.1, -0.05) is 37.3 Å². The summed E-state index contributed by atoms with van der Waals surface area (Å²) in [6.45, 7) is 11.3. The summed E-state index contributed by atoms with van der Waals surface area (Å²) in [5, 5.41) is 3.43. The topological polar surface area (TPSA) is 41.6 Å². The Balaban J connectivity index is 2.11. The predicted molar refractivity (Wildman–Crippen MR) is 102 cm³/mol. The molecule has 2 rings (SSSR count). The van der Waals surface area contributed by atoms with Crippen LogP contribution in [0.4, 0.5) is 0 Å². The van der Waals surface area contributed by atoms with Crippen LogP contribution in [-0.2, 0) is 16.1 Å². The van der Waals surface area contributed by atoms with Crippen LogP contribution in [0.3, 0.4) is 0 Å². The molecule has 4 nitrogen and oxygen atoms in total. The van der Waals surface area contributed by atoms with E-state index < -0.39 is 0 Å². The van der Waals surface area contributed by atoms with Crippen LogP contribution in [0, 0.1) is 0 Å². The van der Waals surface area contributed by atoms with Gasteiger partial charge in [0.15, 0.2) is 5.88 Å². The van der Waals surface area contributed by atoms with E-state index in [-0.39, 0.29) is 11.5 Å². The molecule has 0 aliphatic carbocycles. The average Bonchev–Trinajstić information content (AvgIpc) is 2.56. The second-order valence-corrected chi connectivity index (χ2v) is 7.31. The van der Waals surface area contributed by atoms with Gasteiger partial charge in [0.2, 0.25) is 0 Å². The van der Waals surface area contributed by atoms with Gasteiger partial charge in [0.1, 0.15) is 5.60 Å². The number of nitrogens with one attached hydrogen (secondary N) is 1. The number of carbonyl (C=O) groups excluding carboxylic acids is 1. The largest absolute Gasteiger partial charge is 0.473 e. The Kier molecular flexibility index (Phi) is 6.29. The van der Waals surface area contributed by atoms with Gasteiger partial charge < -0.3 is 10.1 Å². The van der Waals surface area contributed by atoms with Crippen LogP contribution in [0.25, 0.3) is 0 Å². The predicted octanol–water partition coefficient (Wildman–Crippen LogP) is 4.35. The smallest absolute Gasteiger partial charge is 0.257 e. The first-order valence-electron chi connectivity index (χ1n) is 9.00. The molecule has 1 N–H and O–H groups in total. The molecule has 1 aromatic carbocycles. The van der Waals surface area contributed by atoms with E-state index in [0.717, 1.165) is 30.7 Å². The van der Waals surface area contributed by atoms with E-state index >= 15 is 0 Å². The maximum atomic E-state index is 12.9. The van der Waals surface area contributed by atoms with Crippen LogP contribution < -0.4 is 5.32 Å². The van der Waals surface area contributed by atoms with Gasteiger partial charge in [-0.2, -0.15) is 0 Å². The molecule has 25 heavy (non-hydrogen) atoms. The molecule has 1 heterocycles. The molecule has 0 saturated heterocycles. The highest BCUT2D eigenvalue weighted by atomic mass is 16.5. The van der Waals surface area contributed by atoms with E-state index in [0.29, 0.717) is 12.4 Å². The molecule has 0 unspecified atom stereocenters. The summed E-state index contributed by atoms with van der Waals surface area (Å²) in [6, 6.07) is 10.2. The van der Waals surface area contributed by atoms with Crippen molar-refractivity contribution in [3.63, 3.8) is 0 Å². The number of ether oxygens (including phenoxy) is 1. The molecule has 0 bridgehead atoms. The van der Waals surface area contributed by atoms with E-state index in [9.17, 15) is 4.79 Å². The summed E-state index contributed by atoms with van der Waals surface area (Å²) >= 11 is 0. The molecule has 4 heteroatoms. The summed E-state index contributed by atoms with van der Waals surface area (Å²) < 4.78 is 6.02. The lowest BCUT2D eigenvalue weighted by Gasteiger charge is -2.34. The molecule has 0 saturated carbocycles. The van der Waals surface area contributed by atoms with Crippen LogP contribution in [0.1, 0.15) is 53.0 Å². The number of allylic oxidation sites excluding steroid dienone is 1. The Bertz CT molecular complexity index is 654. The van der Waals surface area contributed by atoms with Gasteiger partial charge in [-0.15, -0.1) is 0 Å². The van der Waals surface area contributed by atoms with Crippen LogP contribution in [0.5, 0.6) is 0 Å². The van der Waals surface area contributed by atoms with Crippen molar-refractivity contribution < 1.29 is 9.53 Å². The van der Waals surface area contributed by atoms with Crippen molar-refractivity contribution in [2.75, 3.05) is 6.54 Å². The lowest BCUT2D eigenvalue weighted by atomic mass is 10.1. The molecule has 1 aliphatic heterocycles. The number of nitrogens with zero attached hydrogens (tertiary/aromatic N) is 1. The Morgan fingerprint density at radius 2 is 1.96 bits per heavy atom. The fraction of sp³-hybridized carbons (Fsp3) is 0.476. The first-order chi connectivity index (χ1) is 11.8. The molecule has 0 atom stereocenters. The lowest BCUT2D eigenvalue weighted by molar-refractivity contribution is -0.130. The minimum absolute atomic E-state index is 0.0192. The molecule has 136 valence electrons. The van der Waals surface area contributed by atoms with E-state index in [1.165, 1.54) is 5.56 Å². The van der Waals surface area contributed by atoms with Gasteiger partial charge in [0.05, 0.1) is 0 Å². The molecule has 0 radical (unpaired) electrons. The molecule has 0 aromatic heterocycles. The molecule has 0 spiro atoms. The minimum Gasteiger partial charge on any atom is -0.473 e. The number of benzene rings is 1. The Morgan fingerprint density at radius 3 is 2.56 bits per heavy atom. The van der Waals surface area contributed by atoms with E-state index in [1.807, 2.05) is 52.0 Å². The zero-order valence-corrected chi connectivity index (χ0v) is 16.1. The van der Waals surface area contributed by atoms with Crippen molar-refractivity contribution in [3.8, 4) is 0 Å². The first-order valence-corrected chi connectivity index (χ1v) is 9.00. The fourth-order valence-electron chi connectivity index (χ4n) is 2.78. The Hall–Kier alpha value is -2.23. The quantitative estimate of drug-likeness (QED) is 0.782. The third-order valence-corrected chi connectivity index (χ3v) is 4.01. The Morgan fingerprint density at radius 1 is 1.28 bits per heavy atom. The third-order valence-electron chi connectivity index (χ3n) is 4.01. The number of rotatable bonds is 6. The summed E-state index contributed by atoms with van der Waals surface area (Å²) in [5.41, 5.74) is 2.67. The van der Waals surface area contributed by atoms with Crippen molar-refractivity contribution >= 4 is 5.91 Å². The SMILES string of the molecule is CC/C=C(/OC(C)(C)C)N1CCC(NCc2ccccc2)=C(C)C1=O. The minimum atomic E-state index is -0.329. The monoisotopic (exact) mass is 342 g/mol. The summed E-state index contributed by atoms with van der Waals surface area (Å²) in [6.07, 6.45) is 3.62. The van der Waals surface area contributed by atoms with Gasteiger partial charge in [-0.3, -0.25) is 9.69 Å². The van der Waals surface area contributed by atoms with E-state index in [2.05, 4.69) is 24.4 Å². The van der Waals surface area contributed by atoms with Gasteiger partial charge in [-0.25, -0.2) is 0 Å². The number of carbonyl (C=O) groups is 1. The van der Waals surface area contributed by atoms with Gasteiger partial charge in [0.25, 0.3) is 5.91 Å². The van der Waals surface area contributed by atoms with E-state index in [1.54, 1.807) is 4.90 Å². The summed E-state index contributed by atoms with van der Waals surface area (Å²) in [5.74, 6) is 0.687. The second-order valence-electron chi connectivity index (χ2n) is 7.31. The van der Waals surface area contributed by atoms with Crippen LogP contribution in [-0.4, -0.2) is 23.0 Å². The number of hydrogen-bond acceptors (Lipinski definition) is 3. The summed E-state index contributed by atoms with van der Waals surface area (Å²) in [7, 11) is 0. The van der Waals surface area contributed by atoms with Gasteiger partial charge in [0, 0.05) is 30.8 Å². The normalized spacial score (nSPS) is 16.3. The van der Waals surface area contributed by atoms with Gasteiger partial charge >= 0.3 is 0 Å². The highest BCUT2D eigenvalue weighted by Crippen LogP contribution is 2.25. The Labute approximate surface area is 151 Å². The second kappa shape index (κ2) is 8.24. The zero-order chi connectivity index (χ0) is 18.4. The molecule has 1 aliphatic rings. The molecule has 1 amide bonds. The van der Waals surface area contributed by atoms with Crippen molar-refractivity contribution in [2.24, 2.45) is 0 Å².